The van der Waals surface area contributed by atoms with E-state index in [4.69, 9.17) is 0 Å². The van der Waals surface area contributed by atoms with Crippen molar-refractivity contribution in [2.24, 2.45) is 0 Å². The highest BCUT2D eigenvalue weighted by Crippen LogP contribution is 2.39. The van der Waals surface area contributed by atoms with Crippen molar-refractivity contribution in [2.75, 3.05) is 4.90 Å². The van der Waals surface area contributed by atoms with Crippen LogP contribution >= 0.6 is 0 Å². The molecule has 0 aliphatic heterocycles. The molecule has 0 aromatic heterocycles. The third-order valence-corrected chi connectivity index (χ3v) is 10.8. The molecule has 10 aromatic rings. The van der Waals surface area contributed by atoms with Crippen LogP contribution < -0.4 is 4.90 Å². The Hall–Kier alpha value is -7.22. The molecule has 0 heterocycles. The SMILES string of the molecule is c1cc(-c2ccc(N(c3ccc(-c4ccc5ccccc5c4)cc3)c3cccc(-c4ccc5ccccc5c4)c3)cc2)cc(-c2ccc3ccccc3c2)c1. The van der Waals surface area contributed by atoms with Gasteiger partial charge in [-0.15, -0.1) is 0 Å². The Bertz CT molecular complexity index is 2970. The highest BCUT2D eigenvalue weighted by Gasteiger charge is 2.15. The fourth-order valence-corrected chi connectivity index (χ4v) is 7.86. The summed E-state index contributed by atoms with van der Waals surface area (Å²) in [5.74, 6) is 0. The monoisotopic (exact) mass is 699 g/mol. The second-order valence-electron chi connectivity index (χ2n) is 14.2. The first-order valence-corrected chi connectivity index (χ1v) is 18.9. The first-order valence-electron chi connectivity index (χ1n) is 18.9. The number of fused-ring (bicyclic) bond motifs is 3. The topological polar surface area (TPSA) is 3.24 Å². The van der Waals surface area contributed by atoms with Gasteiger partial charge in [-0.3, -0.25) is 0 Å². The maximum atomic E-state index is 2.37. The van der Waals surface area contributed by atoms with Crippen LogP contribution in [0.4, 0.5) is 17.1 Å². The first-order chi connectivity index (χ1) is 27.2. The van der Waals surface area contributed by atoms with E-state index < -0.39 is 0 Å². The lowest BCUT2D eigenvalue weighted by Crippen LogP contribution is -2.10. The number of benzene rings is 10. The van der Waals surface area contributed by atoms with E-state index in [-0.39, 0.29) is 0 Å². The van der Waals surface area contributed by atoms with E-state index in [0.29, 0.717) is 0 Å². The van der Waals surface area contributed by atoms with Crippen LogP contribution in [0.5, 0.6) is 0 Å². The molecule has 0 saturated heterocycles. The molecule has 0 amide bonds. The Kier molecular flexibility index (Phi) is 8.24. The van der Waals surface area contributed by atoms with Crippen LogP contribution in [0.3, 0.4) is 0 Å². The average molecular weight is 700 g/mol. The molecule has 0 aliphatic carbocycles. The smallest absolute Gasteiger partial charge is 0.0467 e. The molecule has 0 radical (unpaired) electrons. The number of hydrogen-bond acceptors (Lipinski definition) is 1. The lowest BCUT2D eigenvalue weighted by Gasteiger charge is -2.26. The Morgan fingerprint density at radius 1 is 0.182 bits per heavy atom. The van der Waals surface area contributed by atoms with E-state index in [9.17, 15) is 0 Å². The third-order valence-electron chi connectivity index (χ3n) is 10.8. The van der Waals surface area contributed by atoms with Gasteiger partial charge in [-0.05, 0) is 137 Å². The average Bonchev–Trinajstić information content (AvgIpc) is 3.26. The lowest BCUT2D eigenvalue weighted by molar-refractivity contribution is 1.28. The van der Waals surface area contributed by atoms with E-state index in [2.05, 4.69) is 229 Å². The maximum absolute atomic E-state index is 2.37. The molecule has 258 valence electrons. The van der Waals surface area contributed by atoms with Gasteiger partial charge in [-0.2, -0.15) is 0 Å². The normalized spacial score (nSPS) is 11.3. The van der Waals surface area contributed by atoms with E-state index >= 15 is 0 Å². The largest absolute Gasteiger partial charge is 0.310 e. The minimum atomic E-state index is 1.10. The van der Waals surface area contributed by atoms with Gasteiger partial charge < -0.3 is 4.90 Å². The standard InChI is InChI=1S/C54H37N/c1-4-12-43-34-49(22-19-38(43)9-1)42-27-31-53(32-28-42)55(54-18-8-17-48(37-54)51-24-21-40-11-3-6-14-45(40)36-51)52-29-25-41(26-30-52)46-15-7-16-47(33-46)50-23-20-39-10-2-5-13-44(39)35-50/h1-37H. The summed E-state index contributed by atoms with van der Waals surface area (Å²) in [6.07, 6.45) is 0. The van der Waals surface area contributed by atoms with Gasteiger partial charge in [0.25, 0.3) is 0 Å². The van der Waals surface area contributed by atoms with Gasteiger partial charge in [0.1, 0.15) is 0 Å². The maximum Gasteiger partial charge on any atom is 0.0467 e. The first kappa shape index (κ1) is 32.4. The molecule has 0 fully saturated rings. The van der Waals surface area contributed by atoms with Gasteiger partial charge in [-0.25, -0.2) is 0 Å². The summed E-state index contributed by atoms with van der Waals surface area (Å²) in [6, 6.07) is 81.5. The minimum Gasteiger partial charge on any atom is -0.310 e. The molecule has 0 spiro atoms. The summed E-state index contributed by atoms with van der Waals surface area (Å²) in [6.45, 7) is 0. The van der Waals surface area contributed by atoms with Gasteiger partial charge in [0.2, 0.25) is 0 Å². The summed E-state index contributed by atoms with van der Waals surface area (Å²) in [5.41, 5.74) is 12.9. The zero-order chi connectivity index (χ0) is 36.6. The summed E-state index contributed by atoms with van der Waals surface area (Å²) in [4.78, 5) is 2.37. The van der Waals surface area contributed by atoms with Crippen LogP contribution in [-0.2, 0) is 0 Å². The fraction of sp³-hybridized carbons (Fsp3) is 0. The molecule has 1 nitrogen and oxygen atoms in total. The molecule has 0 saturated carbocycles. The van der Waals surface area contributed by atoms with Gasteiger partial charge in [-0.1, -0.05) is 164 Å². The van der Waals surface area contributed by atoms with Crippen molar-refractivity contribution in [1.29, 1.82) is 0 Å². The fourth-order valence-electron chi connectivity index (χ4n) is 7.86. The van der Waals surface area contributed by atoms with Crippen molar-refractivity contribution in [3.63, 3.8) is 0 Å². The molecule has 0 atom stereocenters. The predicted octanol–water partition coefficient (Wildman–Crippen LogP) is 15.3. The van der Waals surface area contributed by atoms with Crippen molar-refractivity contribution < 1.29 is 0 Å². The highest BCUT2D eigenvalue weighted by molar-refractivity contribution is 5.91. The zero-order valence-electron chi connectivity index (χ0n) is 30.3. The molecular formula is C54H37N. The Morgan fingerprint density at radius 3 is 0.964 bits per heavy atom. The summed E-state index contributed by atoms with van der Waals surface area (Å²) in [7, 11) is 0. The molecule has 55 heavy (non-hydrogen) atoms. The second kappa shape index (κ2) is 14.0. The third kappa shape index (κ3) is 6.43. The van der Waals surface area contributed by atoms with E-state index in [1.807, 2.05) is 0 Å². The van der Waals surface area contributed by atoms with Crippen molar-refractivity contribution in [2.45, 2.75) is 0 Å². The van der Waals surface area contributed by atoms with Crippen LogP contribution in [0.15, 0.2) is 224 Å². The molecule has 10 aromatic carbocycles. The summed E-state index contributed by atoms with van der Waals surface area (Å²) < 4.78 is 0. The molecule has 10 rings (SSSR count). The molecule has 0 N–H and O–H groups in total. The van der Waals surface area contributed by atoms with Crippen LogP contribution in [0.1, 0.15) is 0 Å². The van der Waals surface area contributed by atoms with Crippen LogP contribution in [0.25, 0.3) is 76.8 Å². The van der Waals surface area contributed by atoms with Crippen molar-refractivity contribution in [1.82, 2.24) is 0 Å². The van der Waals surface area contributed by atoms with Crippen LogP contribution in [-0.4, -0.2) is 0 Å². The van der Waals surface area contributed by atoms with Crippen molar-refractivity contribution in [3.05, 3.63) is 224 Å². The van der Waals surface area contributed by atoms with Gasteiger partial charge in [0.05, 0.1) is 0 Å². The molecule has 1 heteroatoms. The van der Waals surface area contributed by atoms with Gasteiger partial charge >= 0.3 is 0 Å². The molecule has 0 aliphatic rings. The Morgan fingerprint density at radius 2 is 0.509 bits per heavy atom. The molecule has 0 bridgehead atoms. The van der Waals surface area contributed by atoms with E-state index in [0.717, 1.165) is 17.1 Å². The summed E-state index contributed by atoms with van der Waals surface area (Å²) >= 11 is 0. The molecular weight excluding hydrogens is 663 g/mol. The second-order valence-corrected chi connectivity index (χ2v) is 14.2. The van der Waals surface area contributed by atoms with Crippen molar-refractivity contribution in [3.8, 4) is 44.5 Å². The van der Waals surface area contributed by atoms with E-state index in [1.165, 1.54) is 76.8 Å². The molecule has 0 unspecified atom stereocenters. The number of rotatable bonds is 7. The highest BCUT2D eigenvalue weighted by atomic mass is 15.1. The van der Waals surface area contributed by atoms with Gasteiger partial charge in [0, 0.05) is 17.1 Å². The lowest BCUT2D eigenvalue weighted by atomic mass is 9.97. The Labute approximate surface area is 322 Å². The van der Waals surface area contributed by atoms with E-state index in [1.54, 1.807) is 0 Å². The zero-order valence-corrected chi connectivity index (χ0v) is 30.3. The Balaban J connectivity index is 1.02. The van der Waals surface area contributed by atoms with Crippen molar-refractivity contribution >= 4 is 49.4 Å². The quantitative estimate of drug-likeness (QED) is 0.160. The number of hydrogen-bond donors (Lipinski definition) is 0. The van der Waals surface area contributed by atoms with Gasteiger partial charge in [0.15, 0.2) is 0 Å². The summed E-state index contributed by atoms with van der Waals surface area (Å²) in [5, 5.41) is 7.51. The number of anilines is 3. The van der Waals surface area contributed by atoms with Crippen LogP contribution in [0.2, 0.25) is 0 Å². The number of nitrogens with zero attached hydrogens (tertiary/aromatic N) is 1. The minimum absolute atomic E-state index is 1.10. The van der Waals surface area contributed by atoms with Crippen LogP contribution in [0, 0.1) is 0 Å². The predicted molar refractivity (Wildman–Crippen MR) is 235 cm³/mol.